The molecule has 10 heteroatoms. The van der Waals surface area contributed by atoms with Gasteiger partial charge in [0.15, 0.2) is 11.6 Å². The SMILES string of the molecule is Cl.O=C(CCOCCc1cccc(F)c1F)N(CCNCCc1ccc(O)c2[nH]c(=O)ccc12)C1CCCCC1. The van der Waals surface area contributed by atoms with E-state index in [0.717, 1.165) is 42.7 Å². The van der Waals surface area contributed by atoms with Gasteiger partial charge in [0.2, 0.25) is 11.5 Å². The molecule has 0 spiro atoms. The molecule has 1 heterocycles. The van der Waals surface area contributed by atoms with E-state index in [1.807, 2.05) is 11.0 Å². The van der Waals surface area contributed by atoms with Crippen LogP contribution in [0.2, 0.25) is 0 Å². The first-order valence-electron chi connectivity index (χ1n) is 13.8. The molecule has 40 heavy (non-hydrogen) atoms. The lowest BCUT2D eigenvalue weighted by Gasteiger charge is -2.34. The lowest BCUT2D eigenvalue weighted by Crippen LogP contribution is -2.45. The highest BCUT2D eigenvalue weighted by Crippen LogP contribution is 2.25. The van der Waals surface area contributed by atoms with Crippen LogP contribution in [0.15, 0.2) is 47.3 Å². The Hall–Kier alpha value is -3.01. The number of carbonyl (C=O) groups is 1. The van der Waals surface area contributed by atoms with Crippen molar-refractivity contribution < 1.29 is 23.4 Å². The molecule has 0 aliphatic heterocycles. The molecule has 3 aromatic rings. The summed E-state index contributed by atoms with van der Waals surface area (Å²) < 4.78 is 32.8. The van der Waals surface area contributed by atoms with Crippen molar-refractivity contribution in [1.82, 2.24) is 15.2 Å². The van der Waals surface area contributed by atoms with E-state index in [-0.39, 0.29) is 67.3 Å². The molecule has 0 bridgehead atoms. The smallest absolute Gasteiger partial charge is 0.248 e. The number of ether oxygens (including phenoxy) is 1. The van der Waals surface area contributed by atoms with Crippen molar-refractivity contribution in [2.45, 2.75) is 57.4 Å². The number of rotatable bonds is 13. The number of pyridine rings is 1. The van der Waals surface area contributed by atoms with Gasteiger partial charge in [-0.25, -0.2) is 8.78 Å². The minimum atomic E-state index is -0.868. The van der Waals surface area contributed by atoms with E-state index in [0.29, 0.717) is 31.6 Å². The number of halogens is 3. The van der Waals surface area contributed by atoms with Gasteiger partial charge in [-0.15, -0.1) is 12.4 Å². The molecule has 1 aliphatic rings. The highest BCUT2D eigenvalue weighted by Gasteiger charge is 2.24. The Morgan fingerprint density at radius 3 is 2.60 bits per heavy atom. The molecule has 3 N–H and O–H groups in total. The second-order valence-electron chi connectivity index (χ2n) is 10.1. The minimum absolute atomic E-state index is 0. The van der Waals surface area contributed by atoms with Crippen LogP contribution in [0.1, 0.15) is 49.7 Å². The summed E-state index contributed by atoms with van der Waals surface area (Å²) in [6.07, 6.45) is 6.65. The van der Waals surface area contributed by atoms with Gasteiger partial charge in [-0.2, -0.15) is 0 Å². The van der Waals surface area contributed by atoms with E-state index in [2.05, 4.69) is 10.3 Å². The number of hydrogen-bond donors (Lipinski definition) is 3. The molecule has 1 aliphatic carbocycles. The number of nitrogens with one attached hydrogen (secondary N) is 2. The zero-order chi connectivity index (χ0) is 27.6. The van der Waals surface area contributed by atoms with Gasteiger partial charge in [-0.3, -0.25) is 9.59 Å². The maximum Gasteiger partial charge on any atom is 0.248 e. The molecule has 2 aromatic carbocycles. The molecule has 0 unspecified atom stereocenters. The van der Waals surface area contributed by atoms with E-state index >= 15 is 0 Å². The number of nitrogens with zero attached hydrogens (tertiary/aromatic N) is 1. The van der Waals surface area contributed by atoms with E-state index in [1.54, 1.807) is 12.1 Å². The van der Waals surface area contributed by atoms with Crippen LogP contribution in [0, 0.1) is 11.6 Å². The topological polar surface area (TPSA) is 94.7 Å². The van der Waals surface area contributed by atoms with Crippen molar-refractivity contribution in [2.24, 2.45) is 0 Å². The van der Waals surface area contributed by atoms with Crippen LogP contribution < -0.4 is 10.9 Å². The van der Waals surface area contributed by atoms with Crippen LogP contribution in [0.4, 0.5) is 8.78 Å². The van der Waals surface area contributed by atoms with Crippen LogP contribution in [0.5, 0.6) is 5.75 Å². The summed E-state index contributed by atoms with van der Waals surface area (Å²) >= 11 is 0. The maximum absolute atomic E-state index is 13.8. The van der Waals surface area contributed by atoms with Crippen LogP contribution in [0.3, 0.4) is 0 Å². The summed E-state index contributed by atoms with van der Waals surface area (Å²) in [5, 5.41) is 14.3. The molecule has 1 saturated carbocycles. The van der Waals surface area contributed by atoms with Crippen LogP contribution in [0.25, 0.3) is 10.9 Å². The molecule has 7 nitrogen and oxygen atoms in total. The van der Waals surface area contributed by atoms with Gasteiger partial charge in [0.05, 0.1) is 25.2 Å². The van der Waals surface area contributed by atoms with E-state index < -0.39 is 11.6 Å². The van der Waals surface area contributed by atoms with Crippen molar-refractivity contribution in [2.75, 3.05) is 32.8 Å². The second kappa shape index (κ2) is 15.7. The first-order chi connectivity index (χ1) is 18.9. The number of phenolic OH excluding ortho intramolecular Hbond substituents is 1. The Bertz CT molecular complexity index is 1310. The molecule has 0 atom stereocenters. The summed E-state index contributed by atoms with van der Waals surface area (Å²) in [5.41, 5.74) is 1.47. The largest absolute Gasteiger partial charge is 0.506 e. The monoisotopic (exact) mass is 577 g/mol. The van der Waals surface area contributed by atoms with Crippen molar-refractivity contribution >= 4 is 29.2 Å². The van der Waals surface area contributed by atoms with Crippen molar-refractivity contribution in [1.29, 1.82) is 0 Å². The molecule has 0 radical (unpaired) electrons. The predicted octanol–water partition coefficient (Wildman–Crippen LogP) is 4.88. The Labute approximate surface area is 239 Å². The fourth-order valence-electron chi connectivity index (χ4n) is 5.29. The molecule has 0 saturated heterocycles. The van der Waals surface area contributed by atoms with Crippen molar-refractivity contribution in [3.05, 3.63) is 75.6 Å². The first-order valence-corrected chi connectivity index (χ1v) is 13.8. The number of carbonyl (C=O) groups excluding carboxylic acids is 1. The number of hydrogen-bond acceptors (Lipinski definition) is 5. The summed E-state index contributed by atoms with van der Waals surface area (Å²) in [7, 11) is 0. The average molecular weight is 578 g/mol. The summed E-state index contributed by atoms with van der Waals surface area (Å²) in [6.45, 7) is 2.39. The third-order valence-corrected chi connectivity index (χ3v) is 7.41. The zero-order valence-corrected chi connectivity index (χ0v) is 23.4. The molecule has 1 amide bonds. The lowest BCUT2D eigenvalue weighted by molar-refractivity contribution is -0.135. The van der Waals surface area contributed by atoms with Crippen molar-refractivity contribution in [3.63, 3.8) is 0 Å². The fraction of sp³-hybridized carbons (Fsp3) is 0.467. The third-order valence-electron chi connectivity index (χ3n) is 7.41. The van der Waals surface area contributed by atoms with Gasteiger partial charge in [0, 0.05) is 30.6 Å². The Kier molecular flexibility index (Phi) is 12.4. The average Bonchev–Trinajstić information content (AvgIpc) is 2.94. The van der Waals surface area contributed by atoms with Gasteiger partial charge < -0.3 is 25.0 Å². The molecule has 1 fully saturated rings. The molecule has 218 valence electrons. The van der Waals surface area contributed by atoms with Gasteiger partial charge in [-0.05, 0) is 61.6 Å². The minimum Gasteiger partial charge on any atom is -0.506 e. The first kappa shape index (κ1) is 31.5. The molecule has 1 aromatic heterocycles. The Balaban J connectivity index is 0.00000441. The number of aromatic hydroxyl groups is 1. The fourth-order valence-corrected chi connectivity index (χ4v) is 5.29. The number of aromatic nitrogens is 1. The van der Waals surface area contributed by atoms with Gasteiger partial charge in [0.25, 0.3) is 0 Å². The number of aromatic amines is 1. The van der Waals surface area contributed by atoms with Gasteiger partial charge >= 0.3 is 0 Å². The number of H-pyrrole nitrogens is 1. The summed E-state index contributed by atoms with van der Waals surface area (Å²) in [5.74, 6) is -1.62. The second-order valence-corrected chi connectivity index (χ2v) is 10.1. The zero-order valence-electron chi connectivity index (χ0n) is 22.6. The van der Waals surface area contributed by atoms with Crippen molar-refractivity contribution in [3.8, 4) is 5.75 Å². The van der Waals surface area contributed by atoms with E-state index in [4.69, 9.17) is 4.74 Å². The molecule has 4 rings (SSSR count). The summed E-state index contributed by atoms with van der Waals surface area (Å²) in [4.78, 5) is 29.4. The van der Waals surface area contributed by atoms with Crippen LogP contribution >= 0.6 is 12.4 Å². The number of phenols is 1. The van der Waals surface area contributed by atoms with Crippen LogP contribution in [-0.2, 0) is 22.4 Å². The van der Waals surface area contributed by atoms with E-state index in [9.17, 15) is 23.5 Å². The van der Waals surface area contributed by atoms with Crippen LogP contribution in [-0.4, -0.2) is 59.8 Å². The number of fused-ring (bicyclic) bond motifs is 1. The Morgan fingerprint density at radius 1 is 1.00 bits per heavy atom. The Morgan fingerprint density at radius 2 is 1.80 bits per heavy atom. The highest BCUT2D eigenvalue weighted by atomic mass is 35.5. The van der Waals surface area contributed by atoms with Gasteiger partial charge in [0.1, 0.15) is 5.75 Å². The number of benzene rings is 2. The molecular weight excluding hydrogens is 540 g/mol. The standard InChI is InChI=1S/C30H37F2N3O4.ClH/c31-25-8-4-5-22(29(25)32)14-19-39-20-15-28(38)35(23-6-2-1-3-7-23)18-17-33-16-13-21-9-11-26(36)30-24(21)10-12-27(37)34-30;/h4-5,8-12,23,33,36H,1-3,6-7,13-20H2,(H,34,37);1H. The third kappa shape index (κ3) is 8.49. The summed E-state index contributed by atoms with van der Waals surface area (Å²) in [6, 6.07) is 11.0. The highest BCUT2D eigenvalue weighted by molar-refractivity contribution is 5.87. The van der Waals surface area contributed by atoms with E-state index in [1.165, 1.54) is 24.6 Å². The predicted molar refractivity (Wildman–Crippen MR) is 154 cm³/mol. The maximum atomic E-state index is 13.8. The van der Waals surface area contributed by atoms with Gasteiger partial charge in [-0.1, -0.05) is 37.5 Å². The normalized spacial score (nSPS) is 13.8. The lowest BCUT2D eigenvalue weighted by atomic mass is 9.94. The number of amides is 1. The molecular formula is C30H38ClF2N3O4. The quantitative estimate of drug-likeness (QED) is 0.252.